The summed E-state index contributed by atoms with van der Waals surface area (Å²) in [4.78, 5) is 17.3. The van der Waals surface area contributed by atoms with Gasteiger partial charge < -0.3 is 19.2 Å². The molecule has 8 heteroatoms. The average molecular weight is 454 g/mol. The lowest BCUT2D eigenvalue weighted by Crippen LogP contribution is -2.12. The number of carbonyl (C=O) groups excluding carboxylic acids is 1. The van der Waals surface area contributed by atoms with Crippen LogP contribution in [0.4, 0.5) is 5.69 Å². The summed E-state index contributed by atoms with van der Waals surface area (Å²) < 4.78 is 15.2. The van der Waals surface area contributed by atoms with Crippen LogP contribution in [0.5, 0.6) is 11.5 Å². The summed E-state index contributed by atoms with van der Waals surface area (Å²) in [6, 6.07) is 20.5. The number of nitrogens with one attached hydrogen (secondary N) is 1. The number of ether oxygens (including phenoxy) is 2. The molecule has 0 saturated heterocycles. The van der Waals surface area contributed by atoms with Crippen LogP contribution >= 0.6 is 0 Å². The first-order valence-corrected chi connectivity index (χ1v) is 10.8. The molecule has 0 radical (unpaired) electrons. The van der Waals surface area contributed by atoms with E-state index in [2.05, 4.69) is 15.4 Å². The van der Waals surface area contributed by atoms with Gasteiger partial charge in [-0.05, 0) is 48.0 Å². The smallest absolute Gasteiger partial charge is 0.255 e. The molecule has 0 bridgehead atoms. The van der Waals surface area contributed by atoms with Crippen LogP contribution in [0.15, 0.2) is 91.5 Å². The molecule has 5 rings (SSSR count). The minimum atomic E-state index is -0.206. The van der Waals surface area contributed by atoms with E-state index in [-0.39, 0.29) is 12.5 Å². The Hall–Kier alpha value is -4.59. The summed E-state index contributed by atoms with van der Waals surface area (Å²) in [6.07, 6.45) is 7.50. The standard InChI is InChI=1S/C26H23N5O3/c1-33-23-11-10-21(15-24(23)34-18-22-17-30-13-3-2-5-25(30)28-22)29-26(32)20-8-6-19(7-9-20)16-31-14-4-12-27-31/h2-15,17H,16,18H2,1H3,(H,29,32). The molecule has 0 aliphatic heterocycles. The maximum absolute atomic E-state index is 12.8. The summed E-state index contributed by atoms with van der Waals surface area (Å²) in [5, 5.41) is 7.13. The summed E-state index contributed by atoms with van der Waals surface area (Å²) in [5.41, 5.74) is 3.87. The first kappa shape index (κ1) is 21.3. The van der Waals surface area contributed by atoms with E-state index < -0.39 is 0 Å². The van der Waals surface area contributed by atoms with Crippen molar-refractivity contribution in [1.29, 1.82) is 0 Å². The first-order chi connectivity index (χ1) is 16.7. The Kier molecular flexibility index (Phi) is 5.94. The molecule has 1 N–H and O–H groups in total. The maximum atomic E-state index is 12.8. The number of hydrogen-bond acceptors (Lipinski definition) is 5. The zero-order chi connectivity index (χ0) is 23.3. The molecule has 2 aromatic carbocycles. The molecule has 34 heavy (non-hydrogen) atoms. The number of nitrogens with zero attached hydrogens (tertiary/aromatic N) is 4. The SMILES string of the molecule is COc1ccc(NC(=O)c2ccc(Cn3cccn3)cc2)cc1OCc1cn2ccccc2n1. The van der Waals surface area contributed by atoms with Crippen molar-refractivity contribution in [2.75, 3.05) is 12.4 Å². The Morgan fingerprint density at radius 2 is 1.88 bits per heavy atom. The van der Waals surface area contributed by atoms with Gasteiger partial charge >= 0.3 is 0 Å². The number of aromatic nitrogens is 4. The predicted octanol–water partition coefficient (Wildman–Crippen LogP) is 4.42. The molecule has 0 atom stereocenters. The van der Waals surface area contributed by atoms with Gasteiger partial charge in [-0.1, -0.05) is 18.2 Å². The molecule has 0 saturated carbocycles. The fraction of sp³-hybridized carbons (Fsp3) is 0.115. The third kappa shape index (κ3) is 4.75. The molecule has 3 aromatic heterocycles. The minimum Gasteiger partial charge on any atom is -0.493 e. The number of carbonyl (C=O) groups is 1. The predicted molar refractivity (Wildman–Crippen MR) is 128 cm³/mol. The molecule has 170 valence electrons. The van der Waals surface area contributed by atoms with Gasteiger partial charge in [-0.3, -0.25) is 9.48 Å². The highest BCUT2D eigenvalue weighted by atomic mass is 16.5. The fourth-order valence-electron chi connectivity index (χ4n) is 3.62. The fourth-order valence-corrected chi connectivity index (χ4v) is 3.62. The van der Waals surface area contributed by atoms with E-state index in [0.29, 0.717) is 29.3 Å². The van der Waals surface area contributed by atoms with Crippen molar-refractivity contribution in [2.24, 2.45) is 0 Å². The first-order valence-electron chi connectivity index (χ1n) is 10.8. The van der Waals surface area contributed by atoms with Crippen LogP contribution in [-0.2, 0) is 13.2 Å². The lowest BCUT2D eigenvalue weighted by atomic mass is 10.1. The van der Waals surface area contributed by atoms with Gasteiger partial charge in [0, 0.05) is 42.1 Å². The zero-order valence-corrected chi connectivity index (χ0v) is 18.6. The largest absolute Gasteiger partial charge is 0.493 e. The molecular weight excluding hydrogens is 430 g/mol. The van der Waals surface area contributed by atoms with Gasteiger partial charge in [-0.25, -0.2) is 4.98 Å². The third-order valence-corrected chi connectivity index (χ3v) is 5.33. The summed E-state index contributed by atoms with van der Waals surface area (Å²) in [6.45, 7) is 0.924. The van der Waals surface area contributed by atoms with Crippen LogP contribution in [-0.4, -0.2) is 32.2 Å². The summed E-state index contributed by atoms with van der Waals surface area (Å²) in [7, 11) is 1.58. The number of pyridine rings is 1. The van der Waals surface area contributed by atoms with E-state index in [0.717, 1.165) is 16.9 Å². The maximum Gasteiger partial charge on any atom is 0.255 e. The number of methoxy groups -OCH3 is 1. The third-order valence-electron chi connectivity index (χ3n) is 5.33. The number of benzene rings is 2. The Morgan fingerprint density at radius 3 is 2.65 bits per heavy atom. The lowest BCUT2D eigenvalue weighted by molar-refractivity contribution is 0.102. The van der Waals surface area contributed by atoms with E-state index in [1.807, 2.05) is 64.1 Å². The van der Waals surface area contributed by atoms with Crippen molar-refractivity contribution in [3.8, 4) is 11.5 Å². The van der Waals surface area contributed by atoms with E-state index in [1.54, 1.807) is 43.6 Å². The number of imidazole rings is 1. The molecule has 1 amide bonds. The second-order valence-corrected chi connectivity index (χ2v) is 7.71. The van der Waals surface area contributed by atoms with Crippen LogP contribution in [0, 0.1) is 0 Å². The number of anilines is 1. The van der Waals surface area contributed by atoms with Crippen molar-refractivity contribution in [1.82, 2.24) is 19.2 Å². The molecule has 0 fully saturated rings. The molecule has 0 aliphatic rings. The normalized spacial score (nSPS) is 10.9. The van der Waals surface area contributed by atoms with Gasteiger partial charge in [0.2, 0.25) is 0 Å². The zero-order valence-electron chi connectivity index (χ0n) is 18.6. The monoisotopic (exact) mass is 453 g/mol. The van der Waals surface area contributed by atoms with Crippen LogP contribution in [0.25, 0.3) is 5.65 Å². The molecular formula is C26H23N5O3. The Bertz CT molecular complexity index is 1380. The molecule has 0 unspecified atom stereocenters. The number of amides is 1. The second-order valence-electron chi connectivity index (χ2n) is 7.71. The van der Waals surface area contributed by atoms with E-state index in [1.165, 1.54) is 0 Å². The van der Waals surface area contributed by atoms with Gasteiger partial charge in [0.05, 0.1) is 19.3 Å². The quantitative estimate of drug-likeness (QED) is 0.376. The van der Waals surface area contributed by atoms with Crippen LogP contribution in [0.3, 0.4) is 0 Å². The topological polar surface area (TPSA) is 82.7 Å². The van der Waals surface area contributed by atoms with Crippen LogP contribution in [0.1, 0.15) is 21.6 Å². The molecule has 0 spiro atoms. The van der Waals surface area contributed by atoms with E-state index >= 15 is 0 Å². The van der Waals surface area contributed by atoms with Crippen LogP contribution in [0.2, 0.25) is 0 Å². The van der Waals surface area contributed by atoms with Gasteiger partial charge in [0.15, 0.2) is 11.5 Å². The van der Waals surface area contributed by atoms with Crippen molar-refractivity contribution in [2.45, 2.75) is 13.2 Å². The van der Waals surface area contributed by atoms with Gasteiger partial charge in [-0.2, -0.15) is 5.10 Å². The average Bonchev–Trinajstić information content (AvgIpc) is 3.53. The minimum absolute atomic E-state index is 0.206. The highest BCUT2D eigenvalue weighted by Gasteiger charge is 2.11. The van der Waals surface area contributed by atoms with Gasteiger partial charge in [0.25, 0.3) is 5.91 Å². The lowest BCUT2D eigenvalue weighted by Gasteiger charge is -2.12. The summed E-state index contributed by atoms with van der Waals surface area (Å²) in [5.74, 6) is 0.888. The summed E-state index contributed by atoms with van der Waals surface area (Å²) >= 11 is 0. The number of rotatable bonds is 8. The van der Waals surface area contributed by atoms with Gasteiger partial charge in [0.1, 0.15) is 12.3 Å². The molecule has 0 aliphatic carbocycles. The second kappa shape index (κ2) is 9.50. The molecule has 5 aromatic rings. The molecule has 8 nitrogen and oxygen atoms in total. The van der Waals surface area contributed by atoms with E-state index in [9.17, 15) is 4.79 Å². The van der Waals surface area contributed by atoms with E-state index in [4.69, 9.17) is 9.47 Å². The van der Waals surface area contributed by atoms with Crippen LogP contribution < -0.4 is 14.8 Å². The highest BCUT2D eigenvalue weighted by Crippen LogP contribution is 2.31. The number of fused-ring (bicyclic) bond motifs is 1. The Balaban J connectivity index is 1.26. The van der Waals surface area contributed by atoms with Crippen molar-refractivity contribution in [3.63, 3.8) is 0 Å². The Morgan fingerprint density at radius 1 is 1.00 bits per heavy atom. The van der Waals surface area contributed by atoms with Gasteiger partial charge in [-0.15, -0.1) is 0 Å². The van der Waals surface area contributed by atoms with Crippen molar-refractivity contribution >= 4 is 17.2 Å². The molecule has 3 heterocycles. The highest BCUT2D eigenvalue weighted by molar-refractivity contribution is 6.04. The Labute approximate surface area is 196 Å². The number of hydrogen-bond donors (Lipinski definition) is 1. The van der Waals surface area contributed by atoms with Crippen molar-refractivity contribution in [3.05, 3.63) is 108 Å². The van der Waals surface area contributed by atoms with Crippen molar-refractivity contribution < 1.29 is 14.3 Å².